The smallest absolute Gasteiger partial charge is 0.407 e. The number of aliphatic hydroxyl groups is 1. The van der Waals surface area contributed by atoms with Crippen molar-refractivity contribution in [1.82, 2.24) is 5.32 Å². The van der Waals surface area contributed by atoms with Gasteiger partial charge in [0.25, 0.3) is 0 Å². The van der Waals surface area contributed by atoms with Crippen molar-refractivity contribution < 1.29 is 14.6 Å². The van der Waals surface area contributed by atoms with Gasteiger partial charge in [0.05, 0.1) is 19.3 Å². The van der Waals surface area contributed by atoms with Crippen molar-refractivity contribution in [2.24, 2.45) is 5.92 Å². The minimum Gasteiger partial charge on any atom is -0.450 e. The van der Waals surface area contributed by atoms with Gasteiger partial charge in [-0.05, 0) is 38.0 Å². The Bertz CT molecular complexity index is 384. The van der Waals surface area contributed by atoms with Crippen molar-refractivity contribution in [3.63, 3.8) is 0 Å². The summed E-state index contributed by atoms with van der Waals surface area (Å²) in [6.07, 6.45) is 23.0. The number of unbranched alkanes of at least 4 members (excludes halogenated alkanes) is 12. The number of carbonyl (C=O) groups excluding carboxylic acids is 1. The van der Waals surface area contributed by atoms with Crippen LogP contribution in [0.25, 0.3) is 0 Å². The molecule has 0 radical (unpaired) electrons. The highest BCUT2D eigenvalue weighted by atomic mass is 16.5. The van der Waals surface area contributed by atoms with Crippen LogP contribution in [0, 0.1) is 5.92 Å². The lowest BCUT2D eigenvalue weighted by molar-refractivity contribution is 0.125. The molecule has 0 spiro atoms. The SMILES string of the molecule is CCCCCCCCC=CCCCCCCCCOC(=O)N[C@H](CO)[C@H](C)CC. The van der Waals surface area contributed by atoms with Gasteiger partial charge >= 0.3 is 6.09 Å². The zero-order valence-electron chi connectivity index (χ0n) is 19.6. The molecule has 0 unspecified atom stereocenters. The maximum absolute atomic E-state index is 11.7. The summed E-state index contributed by atoms with van der Waals surface area (Å²) >= 11 is 0. The number of rotatable bonds is 20. The molecule has 1 amide bonds. The maximum Gasteiger partial charge on any atom is 0.407 e. The molecule has 0 aromatic heterocycles. The molecule has 29 heavy (non-hydrogen) atoms. The topological polar surface area (TPSA) is 58.6 Å². The van der Waals surface area contributed by atoms with Crippen LogP contribution in [0.2, 0.25) is 0 Å². The first-order valence-electron chi connectivity index (χ1n) is 12.3. The summed E-state index contributed by atoms with van der Waals surface area (Å²) < 4.78 is 5.22. The Morgan fingerprint density at radius 3 is 1.90 bits per heavy atom. The molecular weight excluding hydrogens is 362 g/mol. The number of allylic oxidation sites excluding steroid dienone is 2. The van der Waals surface area contributed by atoms with E-state index in [0.29, 0.717) is 6.61 Å². The number of ether oxygens (including phenoxy) is 1. The highest BCUT2D eigenvalue weighted by Crippen LogP contribution is 2.10. The van der Waals surface area contributed by atoms with E-state index in [4.69, 9.17) is 4.74 Å². The zero-order chi connectivity index (χ0) is 21.6. The van der Waals surface area contributed by atoms with E-state index in [2.05, 4.69) is 24.4 Å². The van der Waals surface area contributed by atoms with E-state index >= 15 is 0 Å². The van der Waals surface area contributed by atoms with Crippen LogP contribution in [-0.2, 0) is 4.74 Å². The number of amides is 1. The van der Waals surface area contributed by atoms with E-state index < -0.39 is 6.09 Å². The van der Waals surface area contributed by atoms with Gasteiger partial charge in [-0.25, -0.2) is 4.79 Å². The summed E-state index contributed by atoms with van der Waals surface area (Å²) in [6.45, 7) is 6.76. The average molecular weight is 412 g/mol. The van der Waals surface area contributed by atoms with Crippen molar-refractivity contribution in [1.29, 1.82) is 0 Å². The Kier molecular flexibility index (Phi) is 20.9. The van der Waals surface area contributed by atoms with Gasteiger partial charge in [-0.3, -0.25) is 0 Å². The van der Waals surface area contributed by atoms with Crippen LogP contribution in [0.1, 0.15) is 117 Å². The molecule has 2 atom stereocenters. The summed E-state index contributed by atoms with van der Waals surface area (Å²) in [5.74, 6) is 0.248. The lowest BCUT2D eigenvalue weighted by atomic mass is 10.0. The van der Waals surface area contributed by atoms with Crippen LogP contribution in [-0.4, -0.2) is 30.5 Å². The van der Waals surface area contributed by atoms with Crippen LogP contribution in [0.4, 0.5) is 4.79 Å². The largest absolute Gasteiger partial charge is 0.450 e. The van der Waals surface area contributed by atoms with Crippen LogP contribution >= 0.6 is 0 Å². The van der Waals surface area contributed by atoms with Gasteiger partial charge in [-0.15, -0.1) is 0 Å². The summed E-state index contributed by atoms with van der Waals surface area (Å²) in [5.41, 5.74) is 0. The van der Waals surface area contributed by atoms with E-state index in [9.17, 15) is 9.90 Å². The Hall–Kier alpha value is -1.03. The van der Waals surface area contributed by atoms with E-state index in [1.165, 1.54) is 77.0 Å². The van der Waals surface area contributed by atoms with Gasteiger partial charge in [-0.2, -0.15) is 0 Å². The minimum atomic E-state index is -0.405. The van der Waals surface area contributed by atoms with Crippen LogP contribution in [0.15, 0.2) is 12.2 Å². The van der Waals surface area contributed by atoms with Gasteiger partial charge in [0.1, 0.15) is 0 Å². The first kappa shape index (κ1) is 28.0. The molecule has 0 heterocycles. The van der Waals surface area contributed by atoms with Gasteiger partial charge in [0.15, 0.2) is 0 Å². The van der Waals surface area contributed by atoms with E-state index in [-0.39, 0.29) is 18.6 Å². The number of carbonyl (C=O) groups is 1. The molecule has 0 aromatic carbocycles. The van der Waals surface area contributed by atoms with Crippen molar-refractivity contribution >= 4 is 6.09 Å². The third-order valence-electron chi connectivity index (χ3n) is 5.72. The Morgan fingerprint density at radius 2 is 1.38 bits per heavy atom. The molecule has 0 saturated carbocycles. The van der Waals surface area contributed by atoms with Crippen molar-refractivity contribution in [3.05, 3.63) is 12.2 Å². The minimum absolute atomic E-state index is 0.0433. The third-order valence-corrected chi connectivity index (χ3v) is 5.72. The van der Waals surface area contributed by atoms with E-state index in [1.807, 2.05) is 13.8 Å². The zero-order valence-corrected chi connectivity index (χ0v) is 19.6. The molecule has 0 bridgehead atoms. The Morgan fingerprint density at radius 1 is 0.862 bits per heavy atom. The molecule has 0 aromatic rings. The monoisotopic (exact) mass is 411 g/mol. The first-order chi connectivity index (χ1) is 14.2. The molecular formula is C25H49NO3. The summed E-state index contributed by atoms with van der Waals surface area (Å²) in [5, 5.41) is 12.1. The predicted molar refractivity (Wildman–Crippen MR) is 124 cm³/mol. The van der Waals surface area contributed by atoms with E-state index in [1.54, 1.807) is 0 Å². The maximum atomic E-state index is 11.7. The molecule has 0 aliphatic heterocycles. The fourth-order valence-electron chi connectivity index (χ4n) is 3.36. The van der Waals surface area contributed by atoms with Gasteiger partial charge in [0, 0.05) is 0 Å². The molecule has 0 aliphatic rings. The standard InChI is InChI=1S/C25H49NO3/c1-4-6-7-8-9-10-11-12-13-14-15-16-17-18-19-20-21-29-25(28)26-24(22-27)23(3)5-2/h12-13,23-24,27H,4-11,14-22H2,1-3H3,(H,26,28)/t23-,24-/m1/s1. The number of aliphatic hydroxyl groups excluding tert-OH is 1. The fourth-order valence-corrected chi connectivity index (χ4v) is 3.36. The normalized spacial score (nSPS) is 13.5. The van der Waals surface area contributed by atoms with Crippen LogP contribution in [0.5, 0.6) is 0 Å². The molecule has 0 fully saturated rings. The molecule has 0 saturated heterocycles. The first-order valence-corrected chi connectivity index (χ1v) is 12.3. The summed E-state index contributed by atoms with van der Waals surface area (Å²) in [4.78, 5) is 11.7. The molecule has 4 nitrogen and oxygen atoms in total. The predicted octanol–water partition coefficient (Wildman–Crippen LogP) is 7.16. The average Bonchev–Trinajstić information content (AvgIpc) is 2.73. The van der Waals surface area contributed by atoms with Crippen molar-refractivity contribution in [3.8, 4) is 0 Å². The second-order valence-electron chi connectivity index (χ2n) is 8.39. The second kappa shape index (κ2) is 21.7. The molecule has 172 valence electrons. The van der Waals surface area contributed by atoms with Gasteiger partial charge in [0.2, 0.25) is 0 Å². The van der Waals surface area contributed by atoms with E-state index in [0.717, 1.165) is 19.3 Å². The van der Waals surface area contributed by atoms with Crippen molar-refractivity contribution in [2.75, 3.05) is 13.2 Å². The second-order valence-corrected chi connectivity index (χ2v) is 8.39. The summed E-state index contributed by atoms with van der Waals surface area (Å²) in [6, 6.07) is -0.215. The number of alkyl carbamates (subject to hydrolysis) is 1. The van der Waals surface area contributed by atoms with Gasteiger partial charge < -0.3 is 15.2 Å². The lowest BCUT2D eigenvalue weighted by Crippen LogP contribution is -2.42. The Balaban J connectivity index is 3.36. The summed E-state index contributed by atoms with van der Waals surface area (Å²) in [7, 11) is 0. The third kappa shape index (κ3) is 18.7. The lowest BCUT2D eigenvalue weighted by Gasteiger charge is -2.21. The highest BCUT2D eigenvalue weighted by molar-refractivity contribution is 5.67. The van der Waals surface area contributed by atoms with Crippen LogP contribution < -0.4 is 5.32 Å². The van der Waals surface area contributed by atoms with Crippen LogP contribution in [0.3, 0.4) is 0 Å². The molecule has 0 aliphatic carbocycles. The number of nitrogens with one attached hydrogen (secondary N) is 1. The number of hydrogen-bond acceptors (Lipinski definition) is 3. The molecule has 2 N–H and O–H groups in total. The van der Waals surface area contributed by atoms with Crippen molar-refractivity contribution in [2.45, 2.75) is 123 Å². The quantitative estimate of drug-likeness (QED) is 0.165. The molecule has 4 heteroatoms. The Labute approximate surface area is 180 Å². The molecule has 0 rings (SSSR count). The number of hydrogen-bond donors (Lipinski definition) is 2. The van der Waals surface area contributed by atoms with Gasteiger partial charge in [-0.1, -0.05) is 97.1 Å². The highest BCUT2D eigenvalue weighted by Gasteiger charge is 2.17. The fraction of sp³-hybridized carbons (Fsp3) is 0.880.